The van der Waals surface area contributed by atoms with Gasteiger partial charge in [-0.15, -0.1) is 12.3 Å². The highest BCUT2D eigenvalue weighted by Crippen LogP contribution is 2.17. The van der Waals surface area contributed by atoms with Gasteiger partial charge in [0, 0.05) is 23.7 Å². The minimum atomic E-state index is -0.203. The van der Waals surface area contributed by atoms with E-state index in [-0.39, 0.29) is 5.91 Å². The van der Waals surface area contributed by atoms with E-state index >= 15 is 0 Å². The van der Waals surface area contributed by atoms with Crippen LogP contribution >= 0.6 is 11.6 Å². The number of amides is 1. The summed E-state index contributed by atoms with van der Waals surface area (Å²) in [6.07, 6.45) is 6.51. The van der Waals surface area contributed by atoms with Crippen LogP contribution in [-0.4, -0.2) is 12.5 Å². The molecule has 3 nitrogen and oxygen atoms in total. The van der Waals surface area contributed by atoms with Crippen LogP contribution in [0.2, 0.25) is 5.02 Å². The average Bonchev–Trinajstić information content (AvgIpc) is 2.24. The van der Waals surface area contributed by atoms with Crippen LogP contribution in [0, 0.1) is 12.3 Å². The minimum absolute atomic E-state index is 0.203. The Morgan fingerprint density at radius 3 is 2.94 bits per heavy atom. The highest BCUT2D eigenvalue weighted by atomic mass is 35.5. The molecule has 1 aromatic rings. The quantitative estimate of drug-likeness (QED) is 0.478. The van der Waals surface area contributed by atoms with Gasteiger partial charge in [0.2, 0.25) is 0 Å². The molecule has 0 aromatic heterocycles. The van der Waals surface area contributed by atoms with Crippen LogP contribution < -0.4 is 11.1 Å². The van der Waals surface area contributed by atoms with Crippen molar-refractivity contribution in [3.8, 4) is 12.3 Å². The molecule has 3 N–H and O–H groups in total. The van der Waals surface area contributed by atoms with Crippen LogP contribution in [0.1, 0.15) is 23.2 Å². The van der Waals surface area contributed by atoms with Gasteiger partial charge in [-0.25, -0.2) is 0 Å². The first kappa shape index (κ1) is 12.4. The first-order chi connectivity index (χ1) is 7.65. The molecule has 0 heterocycles. The monoisotopic (exact) mass is 236 g/mol. The molecule has 0 spiro atoms. The number of nitrogens with two attached hydrogens (primary N) is 1. The molecular formula is C12H13ClN2O. The van der Waals surface area contributed by atoms with E-state index < -0.39 is 0 Å². The fourth-order valence-electron chi connectivity index (χ4n) is 1.23. The molecule has 0 bridgehead atoms. The van der Waals surface area contributed by atoms with Crippen LogP contribution in [0.3, 0.4) is 0 Å². The second-order valence-corrected chi connectivity index (χ2v) is 3.73. The summed E-state index contributed by atoms with van der Waals surface area (Å²) in [4.78, 5) is 11.7. The fraction of sp³-hybridized carbons (Fsp3) is 0.250. The highest BCUT2D eigenvalue weighted by molar-refractivity contribution is 6.31. The number of hydrogen-bond acceptors (Lipinski definition) is 2. The molecular weight excluding hydrogens is 224 g/mol. The summed E-state index contributed by atoms with van der Waals surface area (Å²) in [6, 6.07) is 4.79. The molecule has 0 unspecified atom stereocenters. The largest absolute Gasteiger partial charge is 0.398 e. The van der Waals surface area contributed by atoms with Gasteiger partial charge in [-0.3, -0.25) is 4.79 Å². The molecule has 1 aromatic carbocycles. The number of anilines is 1. The van der Waals surface area contributed by atoms with Crippen LogP contribution in [0.4, 0.5) is 5.69 Å². The van der Waals surface area contributed by atoms with Gasteiger partial charge in [0.05, 0.1) is 5.56 Å². The van der Waals surface area contributed by atoms with Crippen molar-refractivity contribution in [1.29, 1.82) is 0 Å². The number of terminal acetylenes is 1. The van der Waals surface area contributed by atoms with Crippen LogP contribution in [0.5, 0.6) is 0 Å². The lowest BCUT2D eigenvalue weighted by atomic mass is 10.1. The number of benzene rings is 1. The van der Waals surface area contributed by atoms with Gasteiger partial charge in [0.25, 0.3) is 5.91 Å². The second kappa shape index (κ2) is 6.04. The molecule has 16 heavy (non-hydrogen) atoms. The standard InChI is InChI=1S/C12H13ClN2O/c1-2-3-4-7-15-12(16)10-6-5-9(13)8-11(10)14/h1,5-6,8H,3-4,7,14H2,(H,15,16). The number of nitrogens with one attached hydrogen (secondary N) is 1. The van der Waals surface area contributed by atoms with Crippen molar-refractivity contribution in [2.24, 2.45) is 0 Å². The fourth-order valence-corrected chi connectivity index (χ4v) is 1.41. The number of halogens is 1. The minimum Gasteiger partial charge on any atom is -0.398 e. The van der Waals surface area contributed by atoms with Gasteiger partial charge in [0.1, 0.15) is 0 Å². The lowest BCUT2D eigenvalue weighted by molar-refractivity contribution is 0.0954. The van der Waals surface area contributed by atoms with E-state index in [2.05, 4.69) is 11.2 Å². The first-order valence-electron chi connectivity index (χ1n) is 4.92. The summed E-state index contributed by atoms with van der Waals surface area (Å²) in [5, 5.41) is 3.25. The van der Waals surface area contributed by atoms with E-state index in [9.17, 15) is 4.79 Å². The third-order valence-electron chi connectivity index (χ3n) is 2.04. The Morgan fingerprint density at radius 2 is 2.31 bits per heavy atom. The summed E-state index contributed by atoms with van der Waals surface area (Å²) in [7, 11) is 0. The normalized spacial score (nSPS) is 9.50. The Hall–Kier alpha value is -1.66. The number of rotatable bonds is 4. The lowest BCUT2D eigenvalue weighted by Gasteiger charge is -2.06. The number of carbonyl (C=O) groups is 1. The Morgan fingerprint density at radius 1 is 1.56 bits per heavy atom. The van der Waals surface area contributed by atoms with E-state index in [4.69, 9.17) is 23.8 Å². The van der Waals surface area contributed by atoms with E-state index in [1.165, 1.54) is 0 Å². The molecule has 84 valence electrons. The van der Waals surface area contributed by atoms with Gasteiger partial charge < -0.3 is 11.1 Å². The van der Waals surface area contributed by atoms with Crippen LogP contribution in [0.15, 0.2) is 18.2 Å². The van der Waals surface area contributed by atoms with Gasteiger partial charge in [-0.1, -0.05) is 11.6 Å². The molecule has 0 aliphatic heterocycles. The first-order valence-corrected chi connectivity index (χ1v) is 5.29. The Labute approximate surface area is 100.0 Å². The zero-order valence-electron chi connectivity index (χ0n) is 8.79. The molecule has 0 atom stereocenters. The van der Waals surface area contributed by atoms with Crippen molar-refractivity contribution in [1.82, 2.24) is 5.32 Å². The lowest BCUT2D eigenvalue weighted by Crippen LogP contribution is -2.25. The Balaban J connectivity index is 2.57. The zero-order chi connectivity index (χ0) is 12.0. The van der Waals surface area contributed by atoms with Crippen molar-refractivity contribution < 1.29 is 4.79 Å². The molecule has 1 amide bonds. The topological polar surface area (TPSA) is 55.1 Å². The summed E-state index contributed by atoms with van der Waals surface area (Å²) >= 11 is 5.73. The van der Waals surface area contributed by atoms with Crippen molar-refractivity contribution in [2.75, 3.05) is 12.3 Å². The molecule has 0 aliphatic rings. The number of nitrogen functional groups attached to an aromatic ring is 1. The summed E-state index contributed by atoms with van der Waals surface area (Å²) in [5.74, 6) is 2.30. The molecule has 4 heteroatoms. The molecule has 0 fully saturated rings. The van der Waals surface area contributed by atoms with E-state index in [0.717, 1.165) is 6.42 Å². The van der Waals surface area contributed by atoms with Crippen molar-refractivity contribution in [3.63, 3.8) is 0 Å². The van der Waals surface area contributed by atoms with Gasteiger partial charge in [-0.2, -0.15) is 0 Å². The van der Waals surface area contributed by atoms with Crippen molar-refractivity contribution in [3.05, 3.63) is 28.8 Å². The second-order valence-electron chi connectivity index (χ2n) is 3.30. The summed E-state index contributed by atoms with van der Waals surface area (Å²) in [6.45, 7) is 0.547. The number of carbonyl (C=O) groups excluding carboxylic acids is 1. The molecule has 0 saturated heterocycles. The highest BCUT2D eigenvalue weighted by Gasteiger charge is 2.08. The van der Waals surface area contributed by atoms with Gasteiger partial charge >= 0.3 is 0 Å². The van der Waals surface area contributed by atoms with E-state index in [1.54, 1.807) is 18.2 Å². The third-order valence-corrected chi connectivity index (χ3v) is 2.28. The van der Waals surface area contributed by atoms with E-state index in [0.29, 0.717) is 29.2 Å². The predicted octanol–water partition coefficient (Wildman–Crippen LogP) is 2.07. The molecule has 0 aliphatic carbocycles. The maximum atomic E-state index is 11.7. The van der Waals surface area contributed by atoms with Crippen molar-refractivity contribution >= 4 is 23.2 Å². The maximum Gasteiger partial charge on any atom is 0.253 e. The predicted molar refractivity (Wildman–Crippen MR) is 66.3 cm³/mol. The summed E-state index contributed by atoms with van der Waals surface area (Å²) in [5.41, 5.74) is 6.49. The maximum absolute atomic E-state index is 11.7. The SMILES string of the molecule is C#CCCCNC(=O)c1ccc(Cl)cc1N. The van der Waals surface area contributed by atoms with E-state index in [1.807, 2.05) is 0 Å². The Kier molecular flexibility index (Phi) is 4.68. The van der Waals surface area contributed by atoms with Crippen molar-refractivity contribution in [2.45, 2.75) is 12.8 Å². The molecule has 1 rings (SSSR count). The average molecular weight is 237 g/mol. The Bertz CT molecular complexity index is 424. The smallest absolute Gasteiger partial charge is 0.253 e. The van der Waals surface area contributed by atoms with Crippen LogP contribution in [0.25, 0.3) is 0 Å². The zero-order valence-corrected chi connectivity index (χ0v) is 9.55. The van der Waals surface area contributed by atoms with Gasteiger partial charge in [0.15, 0.2) is 0 Å². The summed E-state index contributed by atoms with van der Waals surface area (Å²) < 4.78 is 0. The van der Waals surface area contributed by atoms with Gasteiger partial charge in [-0.05, 0) is 24.6 Å². The molecule has 0 radical (unpaired) electrons. The third kappa shape index (κ3) is 3.48. The number of hydrogen-bond donors (Lipinski definition) is 2. The molecule has 0 saturated carbocycles. The van der Waals surface area contributed by atoms with Crippen LogP contribution in [-0.2, 0) is 0 Å². The number of unbranched alkanes of at least 4 members (excludes halogenated alkanes) is 1.